The van der Waals surface area contributed by atoms with Crippen molar-refractivity contribution in [3.63, 3.8) is 0 Å². The zero-order valence-corrected chi connectivity index (χ0v) is 13.7. The number of aromatic nitrogens is 1. The highest BCUT2D eigenvalue weighted by Gasteiger charge is 2.30. The third-order valence-electron chi connectivity index (χ3n) is 2.81. The van der Waals surface area contributed by atoms with Crippen molar-refractivity contribution in [3.05, 3.63) is 57.8 Å². The van der Waals surface area contributed by atoms with Gasteiger partial charge in [-0.2, -0.15) is 13.2 Å². The molecule has 10 heteroatoms. The Hall–Kier alpha value is -2.32. The molecule has 1 aromatic carbocycles. The monoisotopic (exact) mass is 392 g/mol. The number of rotatable bonds is 4. The molecule has 0 aliphatic rings. The highest BCUT2D eigenvalue weighted by Crippen LogP contribution is 2.30. The van der Waals surface area contributed by atoms with Crippen LogP contribution >= 0.6 is 23.2 Å². The number of anilines is 1. The lowest BCUT2D eigenvalue weighted by molar-refractivity contribution is -0.137. The van der Waals surface area contributed by atoms with Gasteiger partial charge < -0.3 is 10.1 Å². The van der Waals surface area contributed by atoms with Gasteiger partial charge in [-0.05, 0) is 30.3 Å². The fraction of sp³-hybridized carbons (Fsp3) is 0.133. The van der Waals surface area contributed by atoms with Gasteiger partial charge in [0.1, 0.15) is 5.15 Å². The van der Waals surface area contributed by atoms with Crippen LogP contribution in [0.4, 0.5) is 18.9 Å². The standard InChI is InChI=1S/C15H9Cl2F3N2O3/c16-10-4-5-11(17)22-13(10)14(24)25-7-12(23)21-9-3-1-2-8(6-9)15(18,19)20/h1-6H,7H2,(H,21,23). The summed E-state index contributed by atoms with van der Waals surface area (Å²) in [6, 6.07) is 6.72. The highest BCUT2D eigenvalue weighted by molar-refractivity contribution is 6.34. The second-order valence-electron chi connectivity index (χ2n) is 4.67. The number of amides is 1. The normalized spacial score (nSPS) is 11.1. The number of hydrogen-bond donors (Lipinski definition) is 1. The maximum absolute atomic E-state index is 12.6. The average molecular weight is 393 g/mol. The molecule has 2 rings (SSSR count). The molecule has 0 saturated carbocycles. The van der Waals surface area contributed by atoms with Crippen LogP contribution in [0.25, 0.3) is 0 Å². The van der Waals surface area contributed by atoms with Gasteiger partial charge in [0, 0.05) is 5.69 Å². The molecule has 0 fully saturated rings. The molecule has 0 saturated heterocycles. The first-order chi connectivity index (χ1) is 11.7. The van der Waals surface area contributed by atoms with Gasteiger partial charge in [0.05, 0.1) is 10.6 Å². The largest absolute Gasteiger partial charge is 0.451 e. The van der Waals surface area contributed by atoms with Gasteiger partial charge >= 0.3 is 12.1 Å². The number of benzene rings is 1. The van der Waals surface area contributed by atoms with E-state index in [1.165, 1.54) is 18.2 Å². The number of hydrogen-bond acceptors (Lipinski definition) is 4. The van der Waals surface area contributed by atoms with E-state index in [1.54, 1.807) is 0 Å². The van der Waals surface area contributed by atoms with Crippen molar-refractivity contribution in [1.29, 1.82) is 0 Å². The molecule has 0 aliphatic heterocycles. The summed E-state index contributed by atoms with van der Waals surface area (Å²) in [5.41, 5.74) is -1.28. The lowest BCUT2D eigenvalue weighted by Crippen LogP contribution is -2.21. The molecule has 0 aliphatic carbocycles. The maximum Gasteiger partial charge on any atom is 0.416 e. The van der Waals surface area contributed by atoms with Crippen LogP contribution in [-0.2, 0) is 15.7 Å². The van der Waals surface area contributed by atoms with Gasteiger partial charge in [-0.15, -0.1) is 0 Å². The van der Waals surface area contributed by atoms with Crippen molar-refractivity contribution < 1.29 is 27.5 Å². The van der Waals surface area contributed by atoms with Crippen LogP contribution in [0.15, 0.2) is 36.4 Å². The van der Waals surface area contributed by atoms with Gasteiger partial charge in [-0.1, -0.05) is 29.3 Å². The molecule has 0 radical (unpaired) electrons. The van der Waals surface area contributed by atoms with E-state index >= 15 is 0 Å². The zero-order valence-electron chi connectivity index (χ0n) is 12.2. The average Bonchev–Trinajstić information content (AvgIpc) is 2.54. The van der Waals surface area contributed by atoms with Crippen molar-refractivity contribution in [3.8, 4) is 0 Å². The van der Waals surface area contributed by atoms with Crippen LogP contribution in [0.5, 0.6) is 0 Å². The van der Waals surface area contributed by atoms with Gasteiger partial charge in [0.15, 0.2) is 12.3 Å². The molecule has 0 unspecified atom stereocenters. The molecule has 1 heterocycles. The number of nitrogens with one attached hydrogen (secondary N) is 1. The third-order valence-corrected chi connectivity index (χ3v) is 3.33. The predicted molar refractivity (Wildman–Crippen MR) is 84.6 cm³/mol. The summed E-state index contributed by atoms with van der Waals surface area (Å²) < 4.78 is 42.5. The Morgan fingerprint density at radius 3 is 2.56 bits per heavy atom. The van der Waals surface area contributed by atoms with Crippen molar-refractivity contribution >= 4 is 40.8 Å². The number of halogens is 5. The molecule has 1 N–H and O–H groups in total. The smallest absolute Gasteiger partial charge is 0.416 e. The summed E-state index contributed by atoms with van der Waals surface area (Å²) in [5, 5.41) is 2.18. The van der Waals surface area contributed by atoms with Crippen LogP contribution in [0.1, 0.15) is 16.1 Å². The van der Waals surface area contributed by atoms with E-state index in [2.05, 4.69) is 10.3 Å². The second-order valence-corrected chi connectivity index (χ2v) is 5.46. The summed E-state index contributed by atoms with van der Waals surface area (Å²) in [6.07, 6.45) is -4.54. The number of carbonyl (C=O) groups is 2. The molecule has 1 aromatic heterocycles. The summed E-state index contributed by atoms with van der Waals surface area (Å²) in [6.45, 7) is -0.737. The summed E-state index contributed by atoms with van der Waals surface area (Å²) >= 11 is 11.4. The molecule has 0 bridgehead atoms. The minimum absolute atomic E-state index is 0.00441. The Kier molecular flexibility index (Phi) is 5.86. The van der Waals surface area contributed by atoms with E-state index in [1.807, 2.05) is 0 Å². The first-order valence-electron chi connectivity index (χ1n) is 6.63. The molecule has 132 valence electrons. The molecule has 0 spiro atoms. The Morgan fingerprint density at radius 1 is 1.16 bits per heavy atom. The first kappa shape index (κ1) is 19.0. The summed E-state index contributed by atoms with van der Waals surface area (Å²) in [5.74, 6) is -1.82. The number of ether oxygens (including phenoxy) is 1. The van der Waals surface area contributed by atoms with Crippen LogP contribution in [-0.4, -0.2) is 23.5 Å². The van der Waals surface area contributed by atoms with Crippen LogP contribution in [0.2, 0.25) is 10.2 Å². The van der Waals surface area contributed by atoms with E-state index in [9.17, 15) is 22.8 Å². The van der Waals surface area contributed by atoms with E-state index in [4.69, 9.17) is 27.9 Å². The minimum Gasteiger partial charge on any atom is -0.451 e. The Morgan fingerprint density at radius 2 is 1.88 bits per heavy atom. The van der Waals surface area contributed by atoms with Crippen molar-refractivity contribution in [2.45, 2.75) is 6.18 Å². The lowest BCUT2D eigenvalue weighted by Gasteiger charge is -2.10. The quantitative estimate of drug-likeness (QED) is 0.625. The second kappa shape index (κ2) is 7.71. The first-order valence-corrected chi connectivity index (χ1v) is 7.38. The molecule has 1 amide bonds. The maximum atomic E-state index is 12.6. The molecule has 2 aromatic rings. The van der Waals surface area contributed by atoms with E-state index in [0.29, 0.717) is 0 Å². The molecular weight excluding hydrogens is 384 g/mol. The van der Waals surface area contributed by atoms with E-state index in [-0.39, 0.29) is 21.6 Å². The van der Waals surface area contributed by atoms with Crippen molar-refractivity contribution in [1.82, 2.24) is 4.98 Å². The fourth-order valence-electron chi connectivity index (χ4n) is 1.73. The lowest BCUT2D eigenvalue weighted by atomic mass is 10.2. The Labute approximate surface area is 149 Å². The molecule has 25 heavy (non-hydrogen) atoms. The number of pyridine rings is 1. The summed E-state index contributed by atoms with van der Waals surface area (Å²) in [4.78, 5) is 27.2. The number of carbonyl (C=O) groups excluding carboxylic acids is 2. The Balaban J connectivity index is 1.97. The van der Waals surface area contributed by atoms with E-state index in [0.717, 1.165) is 18.2 Å². The molecule has 5 nitrogen and oxygen atoms in total. The topological polar surface area (TPSA) is 68.3 Å². The van der Waals surface area contributed by atoms with E-state index < -0.39 is 30.2 Å². The van der Waals surface area contributed by atoms with Crippen LogP contribution in [0, 0.1) is 0 Å². The number of esters is 1. The SMILES string of the molecule is O=C(COC(=O)c1nc(Cl)ccc1Cl)Nc1cccc(C(F)(F)F)c1. The molecular formula is C15H9Cl2F3N2O3. The van der Waals surface area contributed by atoms with Gasteiger partial charge in [-0.25, -0.2) is 9.78 Å². The minimum atomic E-state index is -4.54. The van der Waals surface area contributed by atoms with Gasteiger partial charge in [0.25, 0.3) is 5.91 Å². The van der Waals surface area contributed by atoms with Gasteiger partial charge in [0.2, 0.25) is 0 Å². The van der Waals surface area contributed by atoms with Crippen molar-refractivity contribution in [2.75, 3.05) is 11.9 Å². The Bertz CT molecular complexity index is 813. The fourth-order valence-corrected chi connectivity index (χ4v) is 2.06. The number of alkyl halides is 3. The van der Waals surface area contributed by atoms with Gasteiger partial charge in [-0.3, -0.25) is 4.79 Å². The number of nitrogens with zero attached hydrogens (tertiary/aromatic N) is 1. The summed E-state index contributed by atoms with van der Waals surface area (Å²) in [7, 11) is 0. The molecule has 0 atom stereocenters. The van der Waals surface area contributed by atoms with Crippen LogP contribution in [0.3, 0.4) is 0 Å². The van der Waals surface area contributed by atoms with Crippen molar-refractivity contribution in [2.24, 2.45) is 0 Å². The highest BCUT2D eigenvalue weighted by atomic mass is 35.5. The third kappa shape index (κ3) is 5.33. The predicted octanol–water partition coefficient (Wildman–Crippen LogP) is 4.20. The zero-order chi connectivity index (χ0) is 18.6. The van der Waals surface area contributed by atoms with Crippen LogP contribution < -0.4 is 5.32 Å².